The van der Waals surface area contributed by atoms with Crippen molar-refractivity contribution in [1.29, 1.82) is 0 Å². The van der Waals surface area contributed by atoms with Crippen LogP contribution in [-0.4, -0.2) is 24.9 Å². The monoisotopic (exact) mass is 400 g/mol. The van der Waals surface area contributed by atoms with Crippen LogP contribution in [0.2, 0.25) is 0 Å². The van der Waals surface area contributed by atoms with Crippen molar-refractivity contribution in [2.45, 2.75) is 26.4 Å². The number of Topliss-reactive ketones (excluding diaryl/α,β-unsaturated/α-hetero) is 1. The van der Waals surface area contributed by atoms with Gasteiger partial charge in [-0.15, -0.1) is 0 Å². The van der Waals surface area contributed by atoms with Gasteiger partial charge >= 0.3 is 5.69 Å². The van der Waals surface area contributed by atoms with Crippen LogP contribution in [0.1, 0.15) is 28.4 Å². The first-order valence-corrected chi connectivity index (χ1v) is 9.68. The molecule has 0 radical (unpaired) electrons. The molecule has 0 atom stereocenters. The van der Waals surface area contributed by atoms with E-state index in [1.165, 1.54) is 10.8 Å². The number of aryl methyl sites for hydroxylation is 1. The Balaban J connectivity index is 1.81. The fraction of sp³-hybridized carbons (Fsp3) is 0.174. The smallest absolute Gasteiger partial charge is 0.292 e. The maximum Gasteiger partial charge on any atom is 0.332 e. The second-order valence-electron chi connectivity index (χ2n) is 6.96. The van der Waals surface area contributed by atoms with Crippen LogP contribution in [0.25, 0.3) is 11.0 Å². The van der Waals surface area contributed by atoms with Gasteiger partial charge in [0.1, 0.15) is 0 Å². The number of carbonyl (C=O) groups is 1. The summed E-state index contributed by atoms with van der Waals surface area (Å²) in [7, 11) is 0. The summed E-state index contributed by atoms with van der Waals surface area (Å²) < 4.78 is 2.43. The zero-order valence-electron chi connectivity index (χ0n) is 16.5. The molecular weight excluding hydrogens is 380 g/mol. The van der Waals surface area contributed by atoms with Gasteiger partial charge in [-0.1, -0.05) is 31.2 Å². The van der Waals surface area contributed by atoms with Crippen molar-refractivity contribution < 1.29 is 4.79 Å². The van der Waals surface area contributed by atoms with Gasteiger partial charge in [0.15, 0.2) is 11.3 Å². The van der Waals surface area contributed by atoms with E-state index in [0.29, 0.717) is 11.1 Å². The first-order valence-electron chi connectivity index (χ1n) is 9.68. The molecule has 7 nitrogen and oxygen atoms in total. The minimum Gasteiger partial charge on any atom is -0.292 e. The lowest BCUT2D eigenvalue weighted by atomic mass is 10.1. The summed E-state index contributed by atoms with van der Waals surface area (Å²) in [6, 6.07) is 14.1. The summed E-state index contributed by atoms with van der Waals surface area (Å²) >= 11 is 0. The number of carbonyl (C=O) groups excluding carboxylic acids is 1. The summed E-state index contributed by atoms with van der Waals surface area (Å²) in [5.41, 5.74) is 1.87. The molecule has 0 aliphatic rings. The molecule has 0 saturated heterocycles. The average molecular weight is 400 g/mol. The summed E-state index contributed by atoms with van der Waals surface area (Å²) in [6.07, 6.45) is 5.58. The second-order valence-corrected chi connectivity index (χ2v) is 6.96. The highest BCUT2D eigenvalue weighted by molar-refractivity contribution is 5.96. The van der Waals surface area contributed by atoms with Gasteiger partial charge in [0, 0.05) is 24.2 Å². The lowest BCUT2D eigenvalue weighted by molar-refractivity contribution is 0.0971. The Kier molecular flexibility index (Phi) is 5.34. The van der Waals surface area contributed by atoms with Crippen LogP contribution in [0.4, 0.5) is 0 Å². The van der Waals surface area contributed by atoms with Crippen molar-refractivity contribution >= 4 is 16.8 Å². The van der Waals surface area contributed by atoms with Crippen LogP contribution < -0.4 is 11.2 Å². The molecule has 4 rings (SSSR count). The molecule has 0 saturated carbocycles. The summed E-state index contributed by atoms with van der Waals surface area (Å²) in [6.45, 7) is 1.94. The summed E-state index contributed by atoms with van der Waals surface area (Å²) in [5, 5.41) is 0. The normalized spacial score (nSPS) is 11.0. The molecule has 0 aliphatic heterocycles. The Morgan fingerprint density at radius 1 is 0.900 bits per heavy atom. The van der Waals surface area contributed by atoms with E-state index in [0.717, 1.165) is 22.1 Å². The van der Waals surface area contributed by atoms with Crippen LogP contribution in [0.5, 0.6) is 0 Å². The van der Waals surface area contributed by atoms with Crippen LogP contribution in [0.15, 0.2) is 76.7 Å². The van der Waals surface area contributed by atoms with E-state index in [1.54, 1.807) is 48.8 Å². The Hall–Kier alpha value is -3.87. The zero-order valence-corrected chi connectivity index (χ0v) is 16.5. The first-order chi connectivity index (χ1) is 14.6. The number of rotatable bonds is 6. The number of hydrogen-bond acceptors (Lipinski definition) is 5. The van der Waals surface area contributed by atoms with Crippen molar-refractivity contribution in [1.82, 2.24) is 19.1 Å². The zero-order chi connectivity index (χ0) is 21.1. The van der Waals surface area contributed by atoms with Gasteiger partial charge in [-0.2, -0.15) is 0 Å². The fourth-order valence-corrected chi connectivity index (χ4v) is 3.37. The van der Waals surface area contributed by atoms with Crippen molar-refractivity contribution in [2.24, 2.45) is 0 Å². The van der Waals surface area contributed by atoms with Crippen molar-refractivity contribution in [2.75, 3.05) is 0 Å². The van der Waals surface area contributed by atoms with Gasteiger partial charge < -0.3 is 0 Å². The van der Waals surface area contributed by atoms with Gasteiger partial charge in [0.2, 0.25) is 0 Å². The van der Waals surface area contributed by atoms with Crippen LogP contribution in [0, 0.1) is 0 Å². The number of nitrogens with zero attached hydrogens (tertiary/aromatic N) is 4. The SMILES string of the molecule is CCc1ccc(C(=O)Cn2c(=O)n(Cc3ccncc3)c(=O)c3ncccc32)cc1. The molecular formula is C23H20N4O3. The predicted octanol–water partition coefficient (Wildman–Crippen LogP) is 2.45. The third-order valence-electron chi connectivity index (χ3n) is 5.06. The lowest BCUT2D eigenvalue weighted by Crippen LogP contribution is -2.41. The molecule has 0 fully saturated rings. The van der Waals surface area contributed by atoms with Crippen molar-refractivity contribution in [3.63, 3.8) is 0 Å². The maximum absolute atomic E-state index is 13.2. The molecule has 150 valence electrons. The van der Waals surface area contributed by atoms with Gasteiger partial charge in [-0.05, 0) is 41.8 Å². The van der Waals surface area contributed by atoms with Crippen LogP contribution in [0.3, 0.4) is 0 Å². The molecule has 0 amide bonds. The largest absolute Gasteiger partial charge is 0.332 e. The number of hydrogen-bond donors (Lipinski definition) is 0. The topological polar surface area (TPSA) is 86.9 Å². The third-order valence-corrected chi connectivity index (χ3v) is 5.06. The van der Waals surface area contributed by atoms with E-state index < -0.39 is 11.2 Å². The number of benzene rings is 1. The fourth-order valence-electron chi connectivity index (χ4n) is 3.37. The standard InChI is InChI=1S/C23H20N4O3/c1-2-16-5-7-18(8-6-16)20(28)15-26-19-4-3-11-25-21(19)22(29)27(23(26)30)14-17-9-12-24-13-10-17/h3-13H,2,14-15H2,1H3. The van der Waals surface area contributed by atoms with E-state index in [4.69, 9.17) is 0 Å². The maximum atomic E-state index is 13.2. The molecule has 30 heavy (non-hydrogen) atoms. The van der Waals surface area contributed by atoms with E-state index in [9.17, 15) is 14.4 Å². The number of pyridine rings is 2. The Morgan fingerprint density at radius 2 is 1.63 bits per heavy atom. The minimum absolute atomic E-state index is 0.0755. The van der Waals surface area contributed by atoms with E-state index >= 15 is 0 Å². The highest BCUT2D eigenvalue weighted by Crippen LogP contribution is 2.10. The van der Waals surface area contributed by atoms with E-state index in [-0.39, 0.29) is 24.4 Å². The van der Waals surface area contributed by atoms with Gasteiger partial charge in [-0.25, -0.2) is 9.78 Å². The molecule has 0 bridgehead atoms. The average Bonchev–Trinajstić information content (AvgIpc) is 2.80. The minimum atomic E-state index is -0.546. The van der Waals surface area contributed by atoms with Gasteiger partial charge in [0.05, 0.1) is 18.6 Å². The number of aromatic nitrogens is 4. The first kappa shape index (κ1) is 19.4. The molecule has 3 aromatic heterocycles. The highest BCUT2D eigenvalue weighted by Gasteiger charge is 2.17. The number of fused-ring (bicyclic) bond motifs is 1. The van der Waals surface area contributed by atoms with Gasteiger partial charge in [-0.3, -0.25) is 23.7 Å². The lowest BCUT2D eigenvalue weighted by Gasteiger charge is -2.13. The molecule has 0 N–H and O–H groups in total. The summed E-state index contributed by atoms with van der Waals surface area (Å²) in [5.74, 6) is -0.209. The van der Waals surface area contributed by atoms with E-state index in [1.807, 2.05) is 19.1 Å². The second kappa shape index (κ2) is 8.24. The van der Waals surface area contributed by atoms with Gasteiger partial charge in [0.25, 0.3) is 5.56 Å². The van der Waals surface area contributed by atoms with Crippen LogP contribution >= 0.6 is 0 Å². The molecule has 1 aromatic carbocycles. The van der Waals surface area contributed by atoms with Crippen LogP contribution in [-0.2, 0) is 19.5 Å². The molecule has 7 heteroatoms. The van der Waals surface area contributed by atoms with Crippen molar-refractivity contribution in [3.8, 4) is 0 Å². The predicted molar refractivity (Wildman–Crippen MR) is 114 cm³/mol. The molecule has 0 spiro atoms. The summed E-state index contributed by atoms with van der Waals surface area (Å²) in [4.78, 5) is 47.1. The highest BCUT2D eigenvalue weighted by atomic mass is 16.2. The molecule has 4 aromatic rings. The number of ketones is 1. The molecule has 0 unspecified atom stereocenters. The van der Waals surface area contributed by atoms with Crippen molar-refractivity contribution in [3.05, 3.63) is 105 Å². The Labute approximate surface area is 172 Å². The molecule has 3 heterocycles. The Morgan fingerprint density at radius 3 is 2.33 bits per heavy atom. The Bertz CT molecular complexity index is 1320. The van der Waals surface area contributed by atoms with E-state index in [2.05, 4.69) is 9.97 Å². The quantitative estimate of drug-likeness (QED) is 0.464. The third kappa shape index (κ3) is 3.69. The molecule has 0 aliphatic carbocycles.